The summed E-state index contributed by atoms with van der Waals surface area (Å²) in [7, 11) is 1.62. The summed E-state index contributed by atoms with van der Waals surface area (Å²) in [6.45, 7) is 3.93. The molecule has 1 atom stereocenters. The van der Waals surface area contributed by atoms with Gasteiger partial charge < -0.3 is 19.9 Å². The fourth-order valence-electron chi connectivity index (χ4n) is 1.93. The fraction of sp³-hybridized carbons (Fsp3) is 0.333. The molecular formula is C15H18BrN3O3. The number of hydrogen-bond acceptors (Lipinski definition) is 5. The Hall–Kier alpha value is -1.86. The number of carbonyl (C=O) groups excluding carboxylic acids is 1. The lowest BCUT2D eigenvalue weighted by atomic mass is 10.1. The van der Waals surface area contributed by atoms with E-state index in [0.29, 0.717) is 11.6 Å². The first-order valence-corrected chi connectivity index (χ1v) is 7.59. The fourth-order valence-corrected chi connectivity index (χ4v) is 2.49. The van der Waals surface area contributed by atoms with Gasteiger partial charge in [0.15, 0.2) is 5.82 Å². The van der Waals surface area contributed by atoms with Crippen LogP contribution in [0.3, 0.4) is 0 Å². The van der Waals surface area contributed by atoms with Gasteiger partial charge in [0.2, 0.25) is 5.91 Å². The molecule has 0 aliphatic heterocycles. The molecule has 22 heavy (non-hydrogen) atoms. The molecule has 1 aromatic carbocycles. The second kappa shape index (κ2) is 7.42. The molecule has 2 aromatic rings. The van der Waals surface area contributed by atoms with Crippen LogP contribution in [0.2, 0.25) is 0 Å². The number of halogens is 1. The van der Waals surface area contributed by atoms with Gasteiger partial charge in [-0.3, -0.25) is 4.79 Å². The molecular weight excluding hydrogens is 350 g/mol. The summed E-state index contributed by atoms with van der Waals surface area (Å²) >= 11 is 3.45. The van der Waals surface area contributed by atoms with Gasteiger partial charge in [0.25, 0.3) is 0 Å². The molecule has 118 valence electrons. The minimum atomic E-state index is -0.173. The molecule has 1 heterocycles. The molecule has 2 rings (SSSR count). The van der Waals surface area contributed by atoms with Gasteiger partial charge in [0.05, 0.1) is 18.1 Å². The molecule has 0 aliphatic rings. The minimum absolute atomic E-state index is 0.0204. The van der Waals surface area contributed by atoms with E-state index < -0.39 is 0 Å². The van der Waals surface area contributed by atoms with E-state index in [1.165, 1.54) is 0 Å². The second-order valence-electron chi connectivity index (χ2n) is 4.87. The Kier molecular flexibility index (Phi) is 5.57. The van der Waals surface area contributed by atoms with E-state index in [1.54, 1.807) is 20.1 Å². The smallest absolute Gasteiger partial charge is 0.239 e. The summed E-state index contributed by atoms with van der Waals surface area (Å²) in [5.41, 5.74) is 1.05. The van der Waals surface area contributed by atoms with Crippen LogP contribution in [0.1, 0.15) is 24.3 Å². The Morgan fingerprint density at radius 3 is 2.82 bits per heavy atom. The van der Waals surface area contributed by atoms with Crippen molar-refractivity contribution in [2.45, 2.75) is 19.9 Å². The maximum absolute atomic E-state index is 11.8. The maximum atomic E-state index is 11.8. The van der Waals surface area contributed by atoms with E-state index in [2.05, 4.69) is 31.7 Å². The van der Waals surface area contributed by atoms with Crippen molar-refractivity contribution in [2.75, 3.05) is 19.0 Å². The third-order valence-electron chi connectivity index (χ3n) is 3.14. The third-order valence-corrected chi connectivity index (χ3v) is 3.76. The normalized spacial score (nSPS) is 12.0. The summed E-state index contributed by atoms with van der Waals surface area (Å²) in [5, 5.41) is 9.54. The summed E-state index contributed by atoms with van der Waals surface area (Å²) in [6.07, 6.45) is 0. The minimum Gasteiger partial charge on any atom is -0.496 e. The number of amides is 1. The molecule has 0 saturated heterocycles. The number of nitrogens with zero attached hydrogens (tertiary/aromatic N) is 1. The van der Waals surface area contributed by atoms with Crippen LogP contribution < -0.4 is 15.4 Å². The number of nitrogens with one attached hydrogen (secondary N) is 2. The SMILES string of the molecule is COc1ccc([C@@H](C)NCC(=O)Nc2cc(C)on2)cc1Br. The van der Waals surface area contributed by atoms with Gasteiger partial charge in [-0.25, -0.2) is 0 Å². The highest BCUT2D eigenvalue weighted by atomic mass is 79.9. The van der Waals surface area contributed by atoms with Gasteiger partial charge in [0.1, 0.15) is 11.5 Å². The Labute approximate surface area is 137 Å². The van der Waals surface area contributed by atoms with Crippen LogP contribution in [0.5, 0.6) is 5.75 Å². The Balaban J connectivity index is 1.88. The highest BCUT2D eigenvalue weighted by molar-refractivity contribution is 9.10. The Bertz CT molecular complexity index is 657. The molecule has 2 N–H and O–H groups in total. The van der Waals surface area contributed by atoms with Crippen LogP contribution in [-0.4, -0.2) is 24.7 Å². The zero-order valence-corrected chi connectivity index (χ0v) is 14.2. The van der Waals surface area contributed by atoms with Crippen molar-refractivity contribution in [3.8, 4) is 5.75 Å². The molecule has 0 bridgehead atoms. The lowest BCUT2D eigenvalue weighted by molar-refractivity contribution is -0.115. The molecule has 0 spiro atoms. The van der Waals surface area contributed by atoms with Crippen LogP contribution in [0.15, 0.2) is 33.3 Å². The van der Waals surface area contributed by atoms with Crippen LogP contribution >= 0.6 is 15.9 Å². The number of methoxy groups -OCH3 is 1. The van der Waals surface area contributed by atoms with Gasteiger partial charge in [-0.1, -0.05) is 11.2 Å². The van der Waals surface area contributed by atoms with E-state index in [0.717, 1.165) is 15.8 Å². The molecule has 0 fully saturated rings. The first kappa shape index (κ1) is 16.5. The number of rotatable bonds is 6. The molecule has 0 aliphatic carbocycles. The van der Waals surface area contributed by atoms with Crippen molar-refractivity contribution in [3.05, 3.63) is 40.1 Å². The number of aryl methyl sites for hydroxylation is 1. The monoisotopic (exact) mass is 367 g/mol. The lowest BCUT2D eigenvalue weighted by Crippen LogP contribution is -2.30. The molecule has 0 unspecified atom stereocenters. The molecule has 6 nitrogen and oxygen atoms in total. The summed E-state index contributed by atoms with van der Waals surface area (Å²) in [5.74, 6) is 1.67. The molecule has 0 saturated carbocycles. The van der Waals surface area contributed by atoms with Crippen LogP contribution in [0.25, 0.3) is 0 Å². The van der Waals surface area contributed by atoms with Crippen LogP contribution in [0.4, 0.5) is 5.82 Å². The van der Waals surface area contributed by atoms with Gasteiger partial charge in [-0.15, -0.1) is 0 Å². The van der Waals surface area contributed by atoms with E-state index in [9.17, 15) is 4.79 Å². The number of aromatic nitrogens is 1. The van der Waals surface area contributed by atoms with Crippen molar-refractivity contribution in [1.29, 1.82) is 0 Å². The number of carbonyl (C=O) groups is 1. The van der Waals surface area contributed by atoms with Crippen molar-refractivity contribution in [3.63, 3.8) is 0 Å². The van der Waals surface area contributed by atoms with E-state index >= 15 is 0 Å². The van der Waals surface area contributed by atoms with E-state index in [4.69, 9.17) is 9.26 Å². The highest BCUT2D eigenvalue weighted by Crippen LogP contribution is 2.27. The average Bonchev–Trinajstić information content (AvgIpc) is 2.89. The van der Waals surface area contributed by atoms with Crippen molar-refractivity contribution in [1.82, 2.24) is 10.5 Å². The van der Waals surface area contributed by atoms with Crippen LogP contribution in [0, 0.1) is 6.92 Å². The van der Waals surface area contributed by atoms with Crippen molar-refractivity contribution < 1.29 is 14.1 Å². The first-order valence-electron chi connectivity index (χ1n) is 6.79. The van der Waals surface area contributed by atoms with Crippen molar-refractivity contribution in [2.24, 2.45) is 0 Å². The predicted octanol–water partition coefficient (Wildman–Crippen LogP) is 3.04. The number of hydrogen-bond donors (Lipinski definition) is 2. The number of anilines is 1. The lowest BCUT2D eigenvalue weighted by Gasteiger charge is -2.15. The summed E-state index contributed by atoms with van der Waals surface area (Å²) in [6, 6.07) is 7.50. The van der Waals surface area contributed by atoms with Gasteiger partial charge in [-0.2, -0.15) is 0 Å². The predicted molar refractivity (Wildman–Crippen MR) is 87.0 cm³/mol. The standard InChI is InChI=1S/C15H18BrN3O3/c1-9-6-14(19-22-9)18-15(20)8-17-10(2)11-4-5-13(21-3)12(16)7-11/h4-7,10,17H,8H2,1-3H3,(H,18,19,20)/t10-/m1/s1. The average molecular weight is 368 g/mol. The van der Waals surface area contributed by atoms with Crippen molar-refractivity contribution >= 4 is 27.7 Å². The number of ether oxygens (including phenoxy) is 1. The molecule has 7 heteroatoms. The third kappa shape index (κ3) is 4.32. The second-order valence-corrected chi connectivity index (χ2v) is 5.72. The zero-order valence-electron chi connectivity index (χ0n) is 12.6. The van der Waals surface area contributed by atoms with Gasteiger partial charge in [-0.05, 0) is 47.5 Å². The Morgan fingerprint density at radius 1 is 1.45 bits per heavy atom. The highest BCUT2D eigenvalue weighted by Gasteiger charge is 2.11. The zero-order chi connectivity index (χ0) is 16.1. The largest absolute Gasteiger partial charge is 0.496 e. The topological polar surface area (TPSA) is 76.4 Å². The first-order chi connectivity index (χ1) is 10.5. The summed E-state index contributed by atoms with van der Waals surface area (Å²) in [4.78, 5) is 11.8. The Morgan fingerprint density at radius 2 is 2.23 bits per heavy atom. The molecule has 0 radical (unpaired) electrons. The van der Waals surface area contributed by atoms with Gasteiger partial charge in [0, 0.05) is 12.1 Å². The van der Waals surface area contributed by atoms with E-state index in [1.807, 2.05) is 25.1 Å². The number of benzene rings is 1. The maximum Gasteiger partial charge on any atom is 0.239 e. The van der Waals surface area contributed by atoms with E-state index in [-0.39, 0.29) is 18.5 Å². The van der Waals surface area contributed by atoms with Gasteiger partial charge >= 0.3 is 0 Å². The van der Waals surface area contributed by atoms with Crippen LogP contribution in [-0.2, 0) is 4.79 Å². The molecule has 1 amide bonds. The summed E-state index contributed by atoms with van der Waals surface area (Å²) < 4.78 is 11.0. The molecule has 1 aromatic heterocycles. The quantitative estimate of drug-likeness (QED) is 0.820.